The van der Waals surface area contributed by atoms with Crippen molar-refractivity contribution in [2.75, 3.05) is 0 Å². The molecular formula is C6H4NNaO. The van der Waals surface area contributed by atoms with Crippen molar-refractivity contribution in [1.82, 2.24) is 4.98 Å². The maximum absolute atomic E-state index is 9.82. The number of rotatable bonds is 1. The minimum Gasteiger partial charge on any atom is -0.417 e. The van der Waals surface area contributed by atoms with Crippen LogP contribution in [0.1, 0.15) is 5.69 Å². The first-order chi connectivity index (χ1) is 3.93. The summed E-state index contributed by atoms with van der Waals surface area (Å²) in [5.41, 5.74) is 0.354. The van der Waals surface area contributed by atoms with Crippen molar-refractivity contribution in [3.63, 3.8) is 0 Å². The molecule has 0 unspecified atom stereocenters. The van der Waals surface area contributed by atoms with Gasteiger partial charge >= 0.3 is 29.6 Å². The number of hydrogen-bond donors (Lipinski definition) is 0. The second kappa shape index (κ2) is 4.68. The molecule has 0 aliphatic carbocycles. The fourth-order valence-corrected chi connectivity index (χ4v) is 0.423. The molecule has 1 aromatic heterocycles. The molecule has 2 nitrogen and oxygen atoms in total. The largest absolute Gasteiger partial charge is 1.00 e. The van der Waals surface area contributed by atoms with Gasteiger partial charge in [0.2, 0.25) is 0 Å². The van der Waals surface area contributed by atoms with Crippen molar-refractivity contribution in [2.45, 2.75) is 0 Å². The first kappa shape index (κ1) is 8.82. The number of carbonyl (C=O) groups excluding carboxylic acids is 1. The molecule has 0 fully saturated rings. The van der Waals surface area contributed by atoms with Gasteiger partial charge in [-0.05, 0) is 0 Å². The van der Waals surface area contributed by atoms with E-state index in [0.29, 0.717) is 5.69 Å². The Labute approximate surface area is 75.6 Å². The molecule has 0 saturated carbocycles. The zero-order valence-electron chi connectivity index (χ0n) is 5.16. The third-order valence-electron chi connectivity index (χ3n) is 0.769. The van der Waals surface area contributed by atoms with E-state index in [1.165, 1.54) is 0 Å². The predicted molar refractivity (Wildman–Crippen MR) is 29.0 cm³/mol. The van der Waals surface area contributed by atoms with Gasteiger partial charge in [0, 0.05) is 12.5 Å². The molecule has 1 heterocycles. The van der Waals surface area contributed by atoms with E-state index in [1.807, 2.05) is 0 Å². The molecule has 0 aromatic carbocycles. The first-order valence-electron chi connectivity index (χ1n) is 2.22. The van der Waals surface area contributed by atoms with Crippen molar-refractivity contribution in [3.8, 4) is 0 Å². The Hall–Kier alpha value is -0.180. The molecule has 0 aliphatic heterocycles. The molecular weight excluding hydrogens is 125 g/mol. The van der Waals surface area contributed by atoms with E-state index in [2.05, 4.69) is 4.98 Å². The molecule has 9 heavy (non-hydrogen) atoms. The van der Waals surface area contributed by atoms with E-state index in [4.69, 9.17) is 0 Å². The van der Waals surface area contributed by atoms with Crippen LogP contribution in [0.3, 0.4) is 0 Å². The number of nitrogens with zero attached hydrogens (tertiary/aromatic N) is 1. The van der Waals surface area contributed by atoms with E-state index in [-0.39, 0.29) is 29.6 Å². The Kier molecular flexibility index (Phi) is 4.58. The Bertz CT molecular complexity index is 176. The second-order valence-corrected chi connectivity index (χ2v) is 1.32. The zero-order valence-corrected chi connectivity index (χ0v) is 7.16. The van der Waals surface area contributed by atoms with E-state index < -0.39 is 0 Å². The van der Waals surface area contributed by atoms with Gasteiger partial charge in [0.25, 0.3) is 0 Å². The fraction of sp³-hybridized carbons (Fsp3) is 0. The van der Waals surface area contributed by atoms with Crippen LogP contribution in [-0.2, 0) is 4.79 Å². The zero-order chi connectivity index (χ0) is 5.82. The van der Waals surface area contributed by atoms with E-state index >= 15 is 0 Å². The third kappa shape index (κ3) is 2.75. The first-order valence-corrected chi connectivity index (χ1v) is 2.22. The van der Waals surface area contributed by atoms with Crippen LogP contribution in [0.5, 0.6) is 0 Å². The van der Waals surface area contributed by atoms with Gasteiger partial charge in [-0.2, -0.15) is 6.07 Å². The summed E-state index contributed by atoms with van der Waals surface area (Å²) in [6, 6.07) is 5.10. The molecule has 0 aliphatic rings. The van der Waals surface area contributed by atoms with Gasteiger partial charge in [-0.1, -0.05) is 11.8 Å². The summed E-state index contributed by atoms with van der Waals surface area (Å²) in [6.45, 7) is 0. The van der Waals surface area contributed by atoms with Crippen molar-refractivity contribution < 1.29 is 34.4 Å². The van der Waals surface area contributed by atoms with Crippen LogP contribution in [0.15, 0.2) is 24.4 Å². The van der Waals surface area contributed by atoms with Crippen molar-refractivity contribution in [3.05, 3.63) is 30.1 Å². The van der Waals surface area contributed by atoms with Crippen LogP contribution < -0.4 is 29.6 Å². The molecule has 0 amide bonds. The monoisotopic (exact) mass is 129 g/mol. The van der Waals surface area contributed by atoms with Gasteiger partial charge < -0.3 is 4.79 Å². The molecule has 1 rings (SSSR count). The van der Waals surface area contributed by atoms with Crippen molar-refractivity contribution >= 4 is 6.29 Å². The normalized spacial score (nSPS) is 7.56. The van der Waals surface area contributed by atoms with E-state index in [1.54, 1.807) is 30.7 Å². The van der Waals surface area contributed by atoms with Crippen LogP contribution in [0.4, 0.5) is 0 Å². The van der Waals surface area contributed by atoms with Crippen LogP contribution in [-0.4, -0.2) is 11.3 Å². The van der Waals surface area contributed by atoms with Gasteiger partial charge in [-0.3, -0.25) is 4.98 Å². The molecule has 0 atom stereocenters. The molecule has 0 spiro atoms. The number of aromatic nitrogens is 1. The summed E-state index contributed by atoms with van der Waals surface area (Å²) in [5, 5.41) is 0. The molecule has 1 aromatic rings. The Balaban J connectivity index is 0.000000640. The topological polar surface area (TPSA) is 30.0 Å². The van der Waals surface area contributed by atoms with Crippen LogP contribution in [0.2, 0.25) is 0 Å². The van der Waals surface area contributed by atoms with E-state index in [9.17, 15) is 4.79 Å². The van der Waals surface area contributed by atoms with Crippen LogP contribution in [0.25, 0.3) is 0 Å². The minimum atomic E-state index is 0. The van der Waals surface area contributed by atoms with Gasteiger partial charge in [-0.15, -0.1) is 6.07 Å². The van der Waals surface area contributed by atoms with Gasteiger partial charge in [0.1, 0.15) is 0 Å². The molecule has 3 heteroatoms. The van der Waals surface area contributed by atoms with E-state index in [0.717, 1.165) is 0 Å². The van der Waals surface area contributed by atoms with Crippen LogP contribution in [0, 0.1) is 0 Å². The summed E-state index contributed by atoms with van der Waals surface area (Å²) in [6.07, 6.45) is 3.22. The van der Waals surface area contributed by atoms with Gasteiger partial charge in [0.05, 0.1) is 0 Å². The maximum atomic E-state index is 9.82. The summed E-state index contributed by atoms with van der Waals surface area (Å²) >= 11 is 0. The minimum absolute atomic E-state index is 0. The van der Waals surface area contributed by atoms with Crippen molar-refractivity contribution in [1.29, 1.82) is 0 Å². The molecule has 0 N–H and O–H groups in total. The summed E-state index contributed by atoms with van der Waals surface area (Å²) in [7, 11) is 0. The SMILES string of the molecule is O=[C-]c1ccccn1.[Na+]. The van der Waals surface area contributed by atoms with Crippen LogP contribution >= 0.6 is 0 Å². The average Bonchev–Trinajstić information content (AvgIpc) is 1.90. The summed E-state index contributed by atoms with van der Waals surface area (Å²) in [4.78, 5) is 13.5. The number of hydrogen-bond acceptors (Lipinski definition) is 2. The Morgan fingerprint density at radius 3 is 2.56 bits per heavy atom. The standard InChI is InChI=1S/C6H4NO.Na/c8-5-6-3-1-2-4-7-6;/h1-4H;/q-1;+1. The second-order valence-electron chi connectivity index (χ2n) is 1.32. The maximum Gasteiger partial charge on any atom is 1.00 e. The predicted octanol–water partition coefficient (Wildman–Crippen LogP) is -2.46. The average molecular weight is 129 g/mol. The molecule has 0 bridgehead atoms. The third-order valence-corrected chi connectivity index (χ3v) is 0.769. The molecule has 0 radical (unpaired) electrons. The smallest absolute Gasteiger partial charge is 0.417 e. The molecule has 0 saturated heterocycles. The van der Waals surface area contributed by atoms with Gasteiger partial charge in [0.15, 0.2) is 0 Å². The molecule has 40 valence electrons. The summed E-state index contributed by atoms with van der Waals surface area (Å²) in [5.74, 6) is 0. The fourth-order valence-electron chi connectivity index (χ4n) is 0.423. The van der Waals surface area contributed by atoms with Crippen molar-refractivity contribution in [2.24, 2.45) is 0 Å². The summed E-state index contributed by atoms with van der Waals surface area (Å²) < 4.78 is 0. The van der Waals surface area contributed by atoms with Gasteiger partial charge in [-0.25, -0.2) is 0 Å². The quantitative estimate of drug-likeness (QED) is 0.311. The Morgan fingerprint density at radius 2 is 2.22 bits per heavy atom. The number of pyridine rings is 1. The Morgan fingerprint density at radius 1 is 1.44 bits per heavy atom.